The number of sulfonamides is 1. The molecule has 4 saturated carbocycles. The molecule has 6 nitrogen and oxygen atoms in total. The van der Waals surface area contributed by atoms with Crippen LogP contribution in [-0.2, 0) is 14.8 Å². The van der Waals surface area contributed by atoms with Gasteiger partial charge in [0.15, 0.2) is 0 Å². The highest BCUT2D eigenvalue weighted by Gasteiger charge is 2.51. The Balaban J connectivity index is 1.41. The van der Waals surface area contributed by atoms with Crippen LogP contribution in [0.15, 0.2) is 53.4 Å². The largest absolute Gasteiger partial charge is 0.494 e. The van der Waals surface area contributed by atoms with E-state index in [2.05, 4.69) is 5.32 Å². The lowest BCUT2D eigenvalue weighted by Gasteiger charge is -2.57. The second-order valence-corrected chi connectivity index (χ2v) is 12.4. The Morgan fingerprint density at radius 3 is 2.06 bits per heavy atom. The van der Waals surface area contributed by atoms with Crippen molar-refractivity contribution in [3.05, 3.63) is 54.1 Å². The van der Waals surface area contributed by atoms with Crippen LogP contribution in [0.25, 0.3) is 0 Å². The first-order chi connectivity index (χ1) is 16.3. The molecule has 1 N–H and O–H groups in total. The highest BCUT2D eigenvalue weighted by molar-refractivity contribution is 7.92. The third-order valence-electron chi connectivity index (χ3n) is 7.77. The van der Waals surface area contributed by atoms with E-state index in [0.717, 1.165) is 24.8 Å². The first-order valence-electron chi connectivity index (χ1n) is 12.4. The lowest BCUT2D eigenvalue weighted by molar-refractivity contribution is -0.125. The van der Waals surface area contributed by atoms with Gasteiger partial charge in [0.1, 0.15) is 12.3 Å². The van der Waals surface area contributed by atoms with Crippen molar-refractivity contribution in [2.45, 2.75) is 62.8 Å². The van der Waals surface area contributed by atoms with Gasteiger partial charge in [0.05, 0.1) is 17.2 Å². The maximum absolute atomic E-state index is 13.7. The van der Waals surface area contributed by atoms with Crippen molar-refractivity contribution in [2.24, 2.45) is 17.8 Å². The van der Waals surface area contributed by atoms with Crippen molar-refractivity contribution in [1.29, 1.82) is 0 Å². The van der Waals surface area contributed by atoms with Crippen LogP contribution < -0.4 is 14.4 Å². The van der Waals surface area contributed by atoms with Gasteiger partial charge in [-0.15, -0.1) is 0 Å². The fourth-order valence-electron chi connectivity index (χ4n) is 6.76. The van der Waals surface area contributed by atoms with Gasteiger partial charge in [0.25, 0.3) is 10.0 Å². The van der Waals surface area contributed by atoms with Crippen molar-refractivity contribution in [1.82, 2.24) is 5.32 Å². The van der Waals surface area contributed by atoms with E-state index in [1.807, 2.05) is 13.8 Å². The topological polar surface area (TPSA) is 75.7 Å². The Hall–Kier alpha value is -2.54. The van der Waals surface area contributed by atoms with Crippen LogP contribution in [0, 0.1) is 24.7 Å². The van der Waals surface area contributed by atoms with Gasteiger partial charge in [0, 0.05) is 5.54 Å². The Labute approximate surface area is 202 Å². The molecule has 182 valence electrons. The molecule has 0 atom stereocenters. The van der Waals surface area contributed by atoms with Crippen LogP contribution in [-0.4, -0.2) is 33.0 Å². The number of ether oxygens (including phenoxy) is 1. The van der Waals surface area contributed by atoms with Gasteiger partial charge in [-0.1, -0.05) is 17.7 Å². The molecule has 0 heterocycles. The number of hydrogen-bond acceptors (Lipinski definition) is 4. The minimum Gasteiger partial charge on any atom is -0.494 e. The number of anilines is 1. The van der Waals surface area contributed by atoms with Crippen LogP contribution in [0.2, 0.25) is 0 Å². The number of rotatable bonds is 8. The number of aryl methyl sites for hydroxylation is 1. The van der Waals surface area contributed by atoms with Gasteiger partial charge in [-0.2, -0.15) is 0 Å². The first kappa shape index (κ1) is 23.2. The molecule has 34 heavy (non-hydrogen) atoms. The predicted molar refractivity (Wildman–Crippen MR) is 132 cm³/mol. The van der Waals surface area contributed by atoms with Gasteiger partial charge in [0.2, 0.25) is 5.91 Å². The number of nitrogens with zero attached hydrogens (tertiary/aromatic N) is 1. The van der Waals surface area contributed by atoms with Gasteiger partial charge < -0.3 is 10.1 Å². The van der Waals surface area contributed by atoms with Gasteiger partial charge in [-0.05, 0) is 107 Å². The number of benzene rings is 2. The summed E-state index contributed by atoms with van der Waals surface area (Å²) < 4.78 is 34.1. The molecule has 6 rings (SSSR count). The number of nitrogens with one attached hydrogen (secondary N) is 1. The second-order valence-electron chi connectivity index (χ2n) is 10.5. The highest BCUT2D eigenvalue weighted by Crippen LogP contribution is 2.55. The van der Waals surface area contributed by atoms with Crippen LogP contribution in [0.1, 0.15) is 51.0 Å². The number of amides is 1. The van der Waals surface area contributed by atoms with E-state index >= 15 is 0 Å². The van der Waals surface area contributed by atoms with E-state index in [9.17, 15) is 13.2 Å². The van der Waals surface area contributed by atoms with E-state index < -0.39 is 10.0 Å². The number of carbonyl (C=O) groups is 1. The average Bonchev–Trinajstić information content (AvgIpc) is 2.77. The summed E-state index contributed by atoms with van der Waals surface area (Å²) in [5, 5.41) is 3.32. The molecule has 0 unspecified atom stereocenters. The van der Waals surface area contributed by atoms with Gasteiger partial charge >= 0.3 is 0 Å². The standard InChI is InChI=1S/C27H34N2O4S/c1-3-33-24-8-6-23(7-9-24)29(34(31,32)25-10-4-19(2)5-11-25)18-26(30)28-27-15-20-12-21(16-27)14-22(13-20)17-27/h4-11,20-22H,3,12-18H2,1-2H3,(H,28,30). The lowest BCUT2D eigenvalue weighted by Crippen LogP contribution is -2.61. The van der Waals surface area contributed by atoms with Crippen molar-refractivity contribution < 1.29 is 17.9 Å². The van der Waals surface area contributed by atoms with E-state index in [4.69, 9.17) is 4.74 Å². The highest BCUT2D eigenvalue weighted by atomic mass is 32.2. The third kappa shape index (κ3) is 4.54. The molecular formula is C27H34N2O4S. The second kappa shape index (κ2) is 8.91. The van der Waals surface area contributed by atoms with Crippen molar-refractivity contribution in [2.75, 3.05) is 17.5 Å². The molecule has 4 aliphatic carbocycles. The van der Waals surface area contributed by atoms with Crippen LogP contribution in [0.5, 0.6) is 5.75 Å². The van der Waals surface area contributed by atoms with Crippen LogP contribution >= 0.6 is 0 Å². The third-order valence-corrected chi connectivity index (χ3v) is 9.56. The molecule has 0 radical (unpaired) electrons. The smallest absolute Gasteiger partial charge is 0.264 e. The summed E-state index contributed by atoms with van der Waals surface area (Å²) in [6.07, 6.45) is 6.94. The molecule has 0 saturated heterocycles. The summed E-state index contributed by atoms with van der Waals surface area (Å²) in [5.74, 6) is 2.53. The average molecular weight is 483 g/mol. The maximum Gasteiger partial charge on any atom is 0.264 e. The van der Waals surface area contributed by atoms with E-state index in [0.29, 0.717) is 35.8 Å². The molecule has 4 aliphatic rings. The fourth-order valence-corrected chi connectivity index (χ4v) is 8.18. The Morgan fingerprint density at radius 2 is 1.53 bits per heavy atom. The van der Waals surface area contributed by atoms with Crippen LogP contribution in [0.3, 0.4) is 0 Å². The minimum absolute atomic E-state index is 0.163. The summed E-state index contributed by atoms with van der Waals surface area (Å²) in [7, 11) is -3.93. The number of hydrogen-bond donors (Lipinski definition) is 1. The predicted octanol–water partition coefficient (Wildman–Crippen LogP) is 4.67. The zero-order valence-electron chi connectivity index (χ0n) is 20.0. The zero-order valence-corrected chi connectivity index (χ0v) is 20.8. The molecular weight excluding hydrogens is 448 g/mol. The van der Waals surface area contributed by atoms with E-state index in [1.54, 1.807) is 48.5 Å². The fraction of sp³-hybridized carbons (Fsp3) is 0.519. The summed E-state index contributed by atoms with van der Waals surface area (Å²) in [4.78, 5) is 13.5. The normalized spacial score (nSPS) is 27.4. The monoisotopic (exact) mass is 482 g/mol. The molecule has 7 heteroatoms. The van der Waals surface area contributed by atoms with Crippen molar-refractivity contribution in [3.8, 4) is 5.75 Å². The Bertz CT molecular complexity index is 1110. The molecule has 2 aromatic carbocycles. The SMILES string of the molecule is CCOc1ccc(N(CC(=O)NC23CC4CC(CC(C4)C2)C3)S(=O)(=O)c2ccc(C)cc2)cc1. The van der Waals surface area contributed by atoms with Gasteiger partial charge in [-0.3, -0.25) is 9.10 Å². The minimum atomic E-state index is -3.93. The molecule has 4 bridgehead atoms. The lowest BCUT2D eigenvalue weighted by atomic mass is 9.53. The maximum atomic E-state index is 13.7. The van der Waals surface area contributed by atoms with Crippen LogP contribution in [0.4, 0.5) is 5.69 Å². The van der Waals surface area contributed by atoms with E-state index in [-0.39, 0.29) is 22.9 Å². The van der Waals surface area contributed by atoms with Crippen molar-refractivity contribution >= 4 is 21.6 Å². The Kier molecular flexibility index (Phi) is 6.09. The number of carbonyl (C=O) groups excluding carboxylic acids is 1. The molecule has 0 aliphatic heterocycles. The molecule has 2 aromatic rings. The molecule has 1 amide bonds. The summed E-state index contributed by atoms with van der Waals surface area (Å²) in [6.45, 7) is 4.10. The zero-order chi connectivity index (χ0) is 23.9. The summed E-state index contributed by atoms with van der Waals surface area (Å²) in [5.41, 5.74) is 1.26. The Morgan fingerprint density at radius 1 is 0.971 bits per heavy atom. The summed E-state index contributed by atoms with van der Waals surface area (Å²) >= 11 is 0. The summed E-state index contributed by atoms with van der Waals surface area (Å²) in [6, 6.07) is 13.6. The molecule has 0 aromatic heterocycles. The molecule has 4 fully saturated rings. The quantitative estimate of drug-likeness (QED) is 0.593. The first-order valence-corrected chi connectivity index (χ1v) is 13.8. The van der Waals surface area contributed by atoms with E-state index in [1.165, 1.54) is 23.6 Å². The van der Waals surface area contributed by atoms with Crippen molar-refractivity contribution in [3.63, 3.8) is 0 Å². The molecule has 0 spiro atoms. The van der Waals surface area contributed by atoms with Gasteiger partial charge in [-0.25, -0.2) is 8.42 Å².